The molecule has 0 saturated carbocycles. The van der Waals surface area contributed by atoms with Gasteiger partial charge in [-0.2, -0.15) is 5.26 Å². The van der Waals surface area contributed by atoms with Crippen LogP contribution in [0.4, 0.5) is 5.69 Å². The molecule has 0 heterocycles. The van der Waals surface area contributed by atoms with Crippen LogP contribution in [0.1, 0.15) is 16.7 Å². The summed E-state index contributed by atoms with van der Waals surface area (Å²) in [6.45, 7) is 3.29. The van der Waals surface area contributed by atoms with E-state index in [1.165, 1.54) is 11.1 Å². The first-order chi connectivity index (χ1) is 11.1. The fraction of sp³-hybridized carbons (Fsp3) is 0.263. The zero-order valence-corrected chi connectivity index (χ0v) is 13.6. The molecule has 1 atom stereocenters. The highest BCUT2D eigenvalue weighted by atomic mass is 16.2. The van der Waals surface area contributed by atoms with Crippen LogP contribution >= 0.6 is 0 Å². The Morgan fingerprint density at radius 2 is 1.70 bits per heavy atom. The molecule has 4 nitrogen and oxygen atoms in total. The molecule has 0 aliphatic carbocycles. The standard InChI is InChI=1S/C19H21N3O/c1-15-3-5-17(6-4-15)13-22(2)14-19(23)21-18-9-7-16(8-10-18)11-12-20/h3-10H,11,13-14H2,1-2H3,(H,21,23)/p+1. The Bertz CT molecular complexity index is 684. The van der Waals surface area contributed by atoms with Crippen LogP contribution < -0.4 is 10.2 Å². The molecule has 118 valence electrons. The van der Waals surface area contributed by atoms with E-state index >= 15 is 0 Å². The second kappa shape index (κ2) is 8.11. The summed E-state index contributed by atoms with van der Waals surface area (Å²) in [6.07, 6.45) is 0.387. The van der Waals surface area contributed by atoms with Gasteiger partial charge in [-0.15, -0.1) is 0 Å². The molecule has 2 aromatic carbocycles. The van der Waals surface area contributed by atoms with Crippen molar-refractivity contribution in [1.82, 2.24) is 0 Å². The van der Waals surface area contributed by atoms with Crippen molar-refractivity contribution in [2.45, 2.75) is 19.9 Å². The molecule has 2 N–H and O–H groups in total. The topological polar surface area (TPSA) is 57.3 Å². The van der Waals surface area contributed by atoms with Gasteiger partial charge in [0.25, 0.3) is 5.91 Å². The minimum absolute atomic E-state index is 0.0114. The van der Waals surface area contributed by atoms with Gasteiger partial charge in [-0.3, -0.25) is 4.79 Å². The Labute approximate surface area is 137 Å². The van der Waals surface area contributed by atoms with Gasteiger partial charge >= 0.3 is 0 Å². The Kier molecular flexibility index (Phi) is 5.90. The quantitative estimate of drug-likeness (QED) is 0.853. The Hall–Kier alpha value is -2.64. The zero-order valence-electron chi connectivity index (χ0n) is 13.6. The minimum Gasteiger partial charge on any atom is -0.326 e. The largest absolute Gasteiger partial charge is 0.326 e. The Morgan fingerprint density at radius 1 is 1.09 bits per heavy atom. The molecular weight excluding hydrogens is 286 g/mol. The fourth-order valence-corrected chi connectivity index (χ4v) is 2.39. The molecule has 1 unspecified atom stereocenters. The first-order valence-electron chi connectivity index (χ1n) is 7.69. The lowest BCUT2D eigenvalue weighted by molar-refractivity contribution is -0.885. The first kappa shape index (κ1) is 16.7. The van der Waals surface area contributed by atoms with E-state index in [4.69, 9.17) is 5.26 Å². The molecular formula is C19H22N3O+. The highest BCUT2D eigenvalue weighted by Gasteiger charge is 2.10. The summed E-state index contributed by atoms with van der Waals surface area (Å²) in [5, 5.41) is 11.5. The second-order valence-electron chi connectivity index (χ2n) is 5.88. The molecule has 2 aromatic rings. The van der Waals surface area contributed by atoms with Gasteiger partial charge in [-0.25, -0.2) is 0 Å². The van der Waals surface area contributed by atoms with Crippen LogP contribution in [0.3, 0.4) is 0 Å². The summed E-state index contributed by atoms with van der Waals surface area (Å²) >= 11 is 0. The van der Waals surface area contributed by atoms with E-state index in [9.17, 15) is 4.79 Å². The lowest BCUT2D eigenvalue weighted by Crippen LogP contribution is -3.08. The number of nitriles is 1. The van der Waals surface area contributed by atoms with Crippen molar-refractivity contribution in [3.05, 3.63) is 65.2 Å². The number of nitrogens with one attached hydrogen (secondary N) is 2. The molecule has 0 bridgehead atoms. The average Bonchev–Trinajstić information content (AvgIpc) is 2.51. The van der Waals surface area contributed by atoms with Gasteiger partial charge in [0, 0.05) is 11.3 Å². The second-order valence-corrected chi connectivity index (χ2v) is 5.88. The van der Waals surface area contributed by atoms with Gasteiger partial charge in [0.2, 0.25) is 0 Å². The molecule has 4 heteroatoms. The van der Waals surface area contributed by atoms with Crippen LogP contribution in [-0.2, 0) is 17.8 Å². The number of hydrogen-bond donors (Lipinski definition) is 2. The van der Waals surface area contributed by atoms with Crippen molar-refractivity contribution in [2.24, 2.45) is 0 Å². The highest BCUT2D eigenvalue weighted by molar-refractivity contribution is 5.91. The molecule has 23 heavy (non-hydrogen) atoms. The summed E-state index contributed by atoms with van der Waals surface area (Å²) in [4.78, 5) is 13.2. The summed E-state index contributed by atoms with van der Waals surface area (Å²) in [5.74, 6) is -0.0114. The van der Waals surface area contributed by atoms with Crippen molar-refractivity contribution >= 4 is 11.6 Å². The van der Waals surface area contributed by atoms with Crippen LogP contribution in [0.25, 0.3) is 0 Å². The molecule has 0 spiro atoms. The molecule has 0 fully saturated rings. The van der Waals surface area contributed by atoms with Crippen molar-refractivity contribution in [1.29, 1.82) is 5.26 Å². The summed E-state index contributed by atoms with van der Waals surface area (Å²) in [5.41, 5.74) is 4.18. The number of carbonyl (C=O) groups is 1. The predicted molar refractivity (Wildman–Crippen MR) is 91.0 cm³/mol. The third-order valence-electron chi connectivity index (χ3n) is 3.61. The van der Waals surface area contributed by atoms with E-state index in [-0.39, 0.29) is 5.91 Å². The van der Waals surface area contributed by atoms with Crippen molar-refractivity contribution in [2.75, 3.05) is 18.9 Å². The van der Waals surface area contributed by atoms with Crippen LogP contribution in [0.15, 0.2) is 48.5 Å². The Balaban J connectivity index is 1.83. The monoisotopic (exact) mass is 308 g/mol. The number of carbonyl (C=O) groups excluding carboxylic acids is 1. The van der Waals surface area contributed by atoms with Gasteiger partial charge in [0.05, 0.1) is 19.5 Å². The van der Waals surface area contributed by atoms with Crippen LogP contribution in [0.2, 0.25) is 0 Å². The molecule has 0 aliphatic rings. The first-order valence-corrected chi connectivity index (χ1v) is 7.69. The normalized spacial score (nSPS) is 11.5. The molecule has 2 rings (SSSR count). The lowest BCUT2D eigenvalue weighted by atomic mass is 10.1. The van der Waals surface area contributed by atoms with Gasteiger partial charge in [0.15, 0.2) is 6.54 Å². The maximum absolute atomic E-state index is 12.1. The van der Waals surface area contributed by atoms with Gasteiger partial charge in [-0.1, -0.05) is 42.0 Å². The molecule has 0 saturated heterocycles. The fourth-order valence-electron chi connectivity index (χ4n) is 2.39. The number of benzene rings is 2. The third-order valence-corrected chi connectivity index (χ3v) is 3.61. The lowest BCUT2D eigenvalue weighted by Gasteiger charge is -2.14. The number of aryl methyl sites for hydroxylation is 1. The maximum Gasteiger partial charge on any atom is 0.279 e. The smallest absolute Gasteiger partial charge is 0.279 e. The van der Waals surface area contributed by atoms with Crippen molar-refractivity contribution < 1.29 is 9.69 Å². The molecule has 0 aliphatic heterocycles. The van der Waals surface area contributed by atoms with E-state index < -0.39 is 0 Å². The van der Waals surface area contributed by atoms with E-state index in [1.54, 1.807) is 0 Å². The average molecular weight is 308 g/mol. The van der Waals surface area contributed by atoms with Crippen LogP contribution in [-0.4, -0.2) is 19.5 Å². The van der Waals surface area contributed by atoms with Gasteiger partial charge < -0.3 is 10.2 Å². The van der Waals surface area contributed by atoms with Crippen molar-refractivity contribution in [3.63, 3.8) is 0 Å². The minimum atomic E-state index is -0.0114. The number of hydrogen-bond acceptors (Lipinski definition) is 2. The molecule has 1 amide bonds. The SMILES string of the molecule is Cc1ccc(C[NH+](C)CC(=O)Nc2ccc(CC#N)cc2)cc1. The number of anilines is 1. The molecule has 0 radical (unpaired) electrons. The molecule has 0 aromatic heterocycles. The number of quaternary nitrogens is 1. The van der Waals surface area contributed by atoms with E-state index in [0.29, 0.717) is 13.0 Å². The summed E-state index contributed by atoms with van der Waals surface area (Å²) in [7, 11) is 2.01. The number of nitrogens with zero attached hydrogens (tertiary/aromatic N) is 1. The summed E-state index contributed by atoms with van der Waals surface area (Å²) < 4.78 is 0. The van der Waals surface area contributed by atoms with Crippen LogP contribution in [0, 0.1) is 18.3 Å². The van der Waals surface area contributed by atoms with E-state index in [1.807, 2.05) is 31.3 Å². The van der Waals surface area contributed by atoms with E-state index in [0.717, 1.165) is 22.7 Å². The van der Waals surface area contributed by atoms with Crippen LogP contribution in [0.5, 0.6) is 0 Å². The zero-order chi connectivity index (χ0) is 16.7. The number of likely N-dealkylation sites (N-methyl/N-ethyl adjacent to an activating group) is 1. The number of rotatable bonds is 6. The van der Waals surface area contributed by atoms with Crippen molar-refractivity contribution in [3.8, 4) is 6.07 Å². The van der Waals surface area contributed by atoms with E-state index in [2.05, 4.69) is 42.6 Å². The summed E-state index contributed by atoms with van der Waals surface area (Å²) in [6, 6.07) is 17.9. The predicted octanol–water partition coefficient (Wildman–Crippen LogP) is 1.71. The number of amides is 1. The Morgan fingerprint density at radius 3 is 2.30 bits per heavy atom. The van der Waals surface area contributed by atoms with Gasteiger partial charge in [-0.05, 0) is 24.6 Å². The third kappa shape index (κ3) is 5.57. The maximum atomic E-state index is 12.1. The highest BCUT2D eigenvalue weighted by Crippen LogP contribution is 2.09. The van der Waals surface area contributed by atoms with Gasteiger partial charge in [0.1, 0.15) is 6.54 Å².